The van der Waals surface area contributed by atoms with Gasteiger partial charge in [-0.15, -0.1) is 0 Å². The highest BCUT2D eigenvalue weighted by Crippen LogP contribution is 2.29. The molecule has 3 aromatic carbocycles. The van der Waals surface area contributed by atoms with Gasteiger partial charge in [-0.25, -0.2) is 14.5 Å². The Balaban J connectivity index is 1.52. The Morgan fingerprint density at radius 3 is 2.31 bits per heavy atom. The van der Waals surface area contributed by atoms with Gasteiger partial charge in [0.25, 0.3) is 11.8 Å². The molecule has 0 spiro atoms. The quantitative estimate of drug-likeness (QED) is 0.319. The van der Waals surface area contributed by atoms with Gasteiger partial charge in [0.05, 0.1) is 15.7 Å². The minimum absolute atomic E-state index is 0.0325. The average Bonchev–Trinajstić information content (AvgIpc) is 2.82. The highest BCUT2D eigenvalue weighted by molar-refractivity contribution is 9.10. The van der Waals surface area contributed by atoms with Crippen molar-refractivity contribution >= 4 is 51.5 Å². The first kappa shape index (κ1) is 23.7. The van der Waals surface area contributed by atoms with E-state index in [0.29, 0.717) is 15.8 Å². The second-order valence-electron chi connectivity index (χ2n) is 7.45. The van der Waals surface area contributed by atoms with Crippen LogP contribution in [0.25, 0.3) is 6.08 Å². The zero-order valence-electron chi connectivity index (χ0n) is 17.9. The summed E-state index contributed by atoms with van der Waals surface area (Å²) in [5.74, 6) is -2.17. The third-order valence-electron chi connectivity index (χ3n) is 5.07. The molecule has 1 aliphatic heterocycles. The van der Waals surface area contributed by atoms with Gasteiger partial charge in [0, 0.05) is 0 Å². The molecule has 4 rings (SSSR count). The Hall–Kier alpha value is -4.44. The molecule has 1 fully saturated rings. The molecular weight excluding hydrogens is 520 g/mol. The van der Waals surface area contributed by atoms with Crippen LogP contribution in [0.15, 0.2) is 76.8 Å². The van der Waals surface area contributed by atoms with Gasteiger partial charge in [-0.1, -0.05) is 18.2 Å². The molecule has 10 heteroatoms. The number of nitrogens with one attached hydrogen (secondary N) is 1. The summed E-state index contributed by atoms with van der Waals surface area (Å²) >= 11 is 3.41. The number of benzene rings is 3. The number of carbonyl (C=O) groups is 4. The second-order valence-corrected chi connectivity index (χ2v) is 8.31. The van der Waals surface area contributed by atoms with Crippen molar-refractivity contribution in [3.05, 3.63) is 93.5 Å². The van der Waals surface area contributed by atoms with Gasteiger partial charge in [-0.05, 0) is 81.7 Å². The zero-order valence-corrected chi connectivity index (χ0v) is 19.5. The standard InChI is InChI=1S/C25H17BrN2O7/c26-20-12-15(3-10-21(20)35-13-14-1-4-16(5-2-14)24(32)33)11-19-22(30)27-25(34)28(23(19)31)17-6-8-18(29)9-7-17/h1-12,29H,13H2,(H,32,33)(H,27,30,34)/b19-11+. The summed E-state index contributed by atoms with van der Waals surface area (Å²) in [5.41, 5.74) is 1.42. The summed E-state index contributed by atoms with van der Waals surface area (Å²) < 4.78 is 6.33. The van der Waals surface area contributed by atoms with Crippen molar-refractivity contribution in [1.82, 2.24) is 5.32 Å². The molecule has 0 aliphatic carbocycles. The number of phenolic OH excluding ortho intramolecular Hbond substituents is 1. The first-order chi connectivity index (χ1) is 16.7. The van der Waals surface area contributed by atoms with Crippen molar-refractivity contribution < 1.29 is 34.1 Å². The molecule has 176 valence electrons. The van der Waals surface area contributed by atoms with E-state index in [4.69, 9.17) is 9.84 Å². The van der Waals surface area contributed by atoms with E-state index in [0.717, 1.165) is 10.5 Å². The van der Waals surface area contributed by atoms with Crippen LogP contribution >= 0.6 is 15.9 Å². The fraction of sp³-hybridized carbons (Fsp3) is 0.0400. The number of imide groups is 2. The number of aromatic hydroxyl groups is 1. The third-order valence-corrected chi connectivity index (χ3v) is 5.69. The minimum Gasteiger partial charge on any atom is -0.508 e. The second kappa shape index (κ2) is 9.82. The Labute approximate surface area is 207 Å². The maximum Gasteiger partial charge on any atom is 0.335 e. The van der Waals surface area contributed by atoms with Crippen molar-refractivity contribution in [2.75, 3.05) is 4.90 Å². The molecule has 0 saturated carbocycles. The average molecular weight is 537 g/mol. The molecule has 1 heterocycles. The lowest BCUT2D eigenvalue weighted by atomic mass is 10.1. The van der Waals surface area contributed by atoms with Crippen molar-refractivity contribution in [3.63, 3.8) is 0 Å². The Kier molecular flexibility index (Phi) is 6.65. The fourth-order valence-electron chi connectivity index (χ4n) is 3.29. The van der Waals surface area contributed by atoms with Gasteiger partial charge >= 0.3 is 12.0 Å². The van der Waals surface area contributed by atoms with Crippen molar-refractivity contribution in [2.45, 2.75) is 6.61 Å². The molecule has 3 N–H and O–H groups in total. The van der Waals surface area contributed by atoms with Gasteiger partial charge in [0.15, 0.2) is 0 Å². The molecule has 9 nitrogen and oxygen atoms in total. The molecule has 3 aromatic rings. The van der Waals surface area contributed by atoms with Crippen LogP contribution < -0.4 is 15.0 Å². The van der Waals surface area contributed by atoms with Gasteiger partial charge in [-0.3, -0.25) is 14.9 Å². The van der Waals surface area contributed by atoms with E-state index in [1.807, 2.05) is 0 Å². The molecular formula is C25H17BrN2O7. The number of urea groups is 1. The van der Waals surface area contributed by atoms with Gasteiger partial charge in [0.1, 0.15) is 23.7 Å². The van der Waals surface area contributed by atoms with E-state index in [2.05, 4.69) is 21.2 Å². The number of nitrogens with zero attached hydrogens (tertiary/aromatic N) is 1. The number of hydrogen-bond donors (Lipinski definition) is 3. The topological polar surface area (TPSA) is 133 Å². The maximum absolute atomic E-state index is 13.0. The van der Waals surface area contributed by atoms with Gasteiger partial charge in [0.2, 0.25) is 0 Å². The number of barbiturate groups is 1. The number of aromatic carboxylic acids is 1. The lowest BCUT2D eigenvalue weighted by Crippen LogP contribution is -2.54. The molecule has 0 unspecified atom stereocenters. The number of anilines is 1. The normalized spacial score (nSPS) is 14.7. The highest BCUT2D eigenvalue weighted by atomic mass is 79.9. The van der Waals surface area contributed by atoms with Crippen molar-refractivity contribution in [2.24, 2.45) is 0 Å². The smallest absolute Gasteiger partial charge is 0.335 e. The van der Waals surface area contributed by atoms with Gasteiger partial charge < -0.3 is 14.9 Å². The lowest BCUT2D eigenvalue weighted by molar-refractivity contribution is -0.122. The summed E-state index contributed by atoms with van der Waals surface area (Å²) in [6, 6.07) is 15.8. The highest BCUT2D eigenvalue weighted by Gasteiger charge is 2.36. The number of ether oxygens (including phenoxy) is 1. The van der Waals surface area contributed by atoms with E-state index in [1.54, 1.807) is 30.3 Å². The summed E-state index contributed by atoms with van der Waals surface area (Å²) in [5, 5.41) is 20.6. The molecule has 1 aliphatic rings. The Morgan fingerprint density at radius 1 is 1.00 bits per heavy atom. The summed E-state index contributed by atoms with van der Waals surface area (Å²) in [7, 11) is 0. The molecule has 0 radical (unpaired) electrons. The molecule has 4 amide bonds. The number of carboxylic acids is 1. The monoisotopic (exact) mass is 536 g/mol. The number of carbonyl (C=O) groups excluding carboxylic acids is 3. The summed E-state index contributed by atoms with van der Waals surface area (Å²) in [6.07, 6.45) is 1.36. The Bertz CT molecular complexity index is 1370. The number of phenols is 1. The largest absolute Gasteiger partial charge is 0.508 e. The maximum atomic E-state index is 13.0. The van der Waals surface area contributed by atoms with E-state index >= 15 is 0 Å². The number of amides is 4. The fourth-order valence-corrected chi connectivity index (χ4v) is 3.80. The van der Waals surface area contributed by atoms with Crippen LogP contribution in [0.3, 0.4) is 0 Å². The summed E-state index contributed by atoms with van der Waals surface area (Å²) in [6.45, 7) is 0.198. The van der Waals surface area contributed by atoms with Crippen LogP contribution in [0, 0.1) is 0 Å². The molecule has 1 saturated heterocycles. The first-order valence-electron chi connectivity index (χ1n) is 10.2. The Morgan fingerprint density at radius 2 is 1.69 bits per heavy atom. The number of rotatable bonds is 6. The minimum atomic E-state index is -1.01. The van der Waals surface area contributed by atoms with Crippen molar-refractivity contribution in [3.8, 4) is 11.5 Å². The number of hydrogen-bond acceptors (Lipinski definition) is 6. The van der Waals surface area contributed by atoms with Gasteiger partial charge in [-0.2, -0.15) is 0 Å². The molecule has 35 heavy (non-hydrogen) atoms. The molecule has 0 atom stereocenters. The predicted octanol–water partition coefficient (Wildman–Crippen LogP) is 4.10. The summed E-state index contributed by atoms with van der Waals surface area (Å²) in [4.78, 5) is 49.4. The molecule has 0 aromatic heterocycles. The number of halogens is 1. The SMILES string of the molecule is O=C1NC(=O)N(c2ccc(O)cc2)C(=O)/C1=C/c1ccc(OCc2ccc(C(=O)O)cc2)c(Br)c1. The van der Waals surface area contributed by atoms with E-state index < -0.39 is 23.8 Å². The van der Waals surface area contributed by atoms with Crippen LogP contribution in [-0.4, -0.2) is 34.0 Å². The van der Waals surface area contributed by atoms with E-state index in [9.17, 15) is 24.3 Å². The predicted molar refractivity (Wildman–Crippen MR) is 129 cm³/mol. The van der Waals surface area contributed by atoms with E-state index in [-0.39, 0.29) is 29.2 Å². The van der Waals surface area contributed by atoms with Crippen molar-refractivity contribution in [1.29, 1.82) is 0 Å². The van der Waals surface area contributed by atoms with Crippen LogP contribution in [0.2, 0.25) is 0 Å². The number of carboxylic acid groups (broad SMARTS) is 1. The van der Waals surface area contributed by atoms with E-state index in [1.165, 1.54) is 42.5 Å². The van der Waals surface area contributed by atoms with Crippen LogP contribution in [0.5, 0.6) is 11.5 Å². The molecule has 0 bridgehead atoms. The first-order valence-corrected chi connectivity index (χ1v) is 11.0. The van der Waals surface area contributed by atoms with Crippen LogP contribution in [0.4, 0.5) is 10.5 Å². The van der Waals surface area contributed by atoms with Crippen LogP contribution in [-0.2, 0) is 16.2 Å². The third kappa shape index (κ3) is 5.22. The zero-order chi connectivity index (χ0) is 25.1. The lowest BCUT2D eigenvalue weighted by Gasteiger charge is -2.26. The van der Waals surface area contributed by atoms with Crippen LogP contribution in [0.1, 0.15) is 21.5 Å².